The highest BCUT2D eigenvalue weighted by Gasteiger charge is 2.29. The van der Waals surface area contributed by atoms with Gasteiger partial charge in [0.1, 0.15) is 5.82 Å². The van der Waals surface area contributed by atoms with Crippen LogP contribution in [0.1, 0.15) is 35.7 Å². The summed E-state index contributed by atoms with van der Waals surface area (Å²) >= 11 is 0. The number of likely N-dealkylation sites (tertiary alicyclic amines) is 1. The Hall–Kier alpha value is -3.22. The molecule has 0 atom stereocenters. The molecule has 1 saturated heterocycles. The summed E-state index contributed by atoms with van der Waals surface area (Å²) in [5.41, 5.74) is 1.44. The molecule has 1 aliphatic heterocycles. The average molecular weight is 426 g/mol. The van der Waals surface area contributed by atoms with Gasteiger partial charge in [-0.25, -0.2) is 4.39 Å². The first-order valence-corrected chi connectivity index (χ1v) is 10.5. The smallest absolute Gasteiger partial charge is 0.309 e. The van der Waals surface area contributed by atoms with Crippen molar-refractivity contribution in [3.63, 3.8) is 0 Å². The maximum Gasteiger partial charge on any atom is 0.309 e. The number of esters is 1. The van der Waals surface area contributed by atoms with Gasteiger partial charge in [-0.3, -0.25) is 14.4 Å². The Labute approximate surface area is 181 Å². The quantitative estimate of drug-likeness (QED) is 0.638. The Balaban J connectivity index is 1.44. The fraction of sp³-hybridized carbons (Fsp3) is 0.375. The van der Waals surface area contributed by atoms with E-state index in [2.05, 4.69) is 0 Å². The summed E-state index contributed by atoms with van der Waals surface area (Å²) in [4.78, 5) is 40.7. The molecule has 2 amide bonds. The monoisotopic (exact) mass is 426 g/mol. The van der Waals surface area contributed by atoms with E-state index in [1.807, 2.05) is 37.3 Å². The summed E-state index contributed by atoms with van der Waals surface area (Å²) < 4.78 is 18.3. The molecule has 0 aromatic heterocycles. The molecule has 6 nitrogen and oxygen atoms in total. The van der Waals surface area contributed by atoms with Crippen molar-refractivity contribution < 1.29 is 23.5 Å². The Bertz CT molecular complexity index is 894. The Morgan fingerprint density at radius 3 is 2.29 bits per heavy atom. The fourth-order valence-corrected chi connectivity index (χ4v) is 3.62. The number of carbonyl (C=O) groups is 3. The number of rotatable bonds is 7. The molecule has 0 radical (unpaired) electrons. The van der Waals surface area contributed by atoms with Crippen molar-refractivity contribution in [3.05, 3.63) is 71.5 Å². The predicted octanol–water partition coefficient (Wildman–Crippen LogP) is 3.27. The van der Waals surface area contributed by atoms with Crippen LogP contribution in [0.15, 0.2) is 54.6 Å². The number of likely N-dealkylation sites (N-methyl/N-ethyl adjacent to an activating group) is 1. The lowest BCUT2D eigenvalue weighted by molar-refractivity contribution is -0.156. The van der Waals surface area contributed by atoms with E-state index in [9.17, 15) is 18.8 Å². The topological polar surface area (TPSA) is 66.9 Å². The van der Waals surface area contributed by atoms with E-state index >= 15 is 0 Å². The van der Waals surface area contributed by atoms with Crippen molar-refractivity contribution in [3.8, 4) is 0 Å². The maximum atomic E-state index is 13.0. The maximum absolute atomic E-state index is 13.0. The summed E-state index contributed by atoms with van der Waals surface area (Å²) in [5, 5.41) is 0. The number of hydrogen-bond donors (Lipinski definition) is 0. The number of halogens is 1. The second-order valence-electron chi connectivity index (χ2n) is 7.57. The van der Waals surface area contributed by atoms with Crippen LogP contribution < -0.4 is 0 Å². The molecule has 1 aliphatic rings. The van der Waals surface area contributed by atoms with Crippen LogP contribution in [-0.2, 0) is 20.9 Å². The number of carbonyl (C=O) groups excluding carboxylic acids is 3. The van der Waals surface area contributed by atoms with Crippen LogP contribution in [0.25, 0.3) is 0 Å². The van der Waals surface area contributed by atoms with Gasteiger partial charge in [0.05, 0.1) is 5.92 Å². The highest BCUT2D eigenvalue weighted by molar-refractivity contribution is 5.94. The van der Waals surface area contributed by atoms with Gasteiger partial charge in [0, 0.05) is 31.7 Å². The lowest BCUT2D eigenvalue weighted by atomic mass is 9.96. The number of hydrogen-bond acceptors (Lipinski definition) is 4. The zero-order chi connectivity index (χ0) is 22.2. The molecule has 0 saturated carbocycles. The molecule has 2 aromatic rings. The second kappa shape index (κ2) is 10.7. The van der Waals surface area contributed by atoms with Crippen LogP contribution in [-0.4, -0.2) is 53.8 Å². The Morgan fingerprint density at radius 1 is 1.03 bits per heavy atom. The fourth-order valence-electron chi connectivity index (χ4n) is 3.62. The first-order valence-electron chi connectivity index (χ1n) is 10.5. The van der Waals surface area contributed by atoms with Crippen LogP contribution in [0.2, 0.25) is 0 Å². The van der Waals surface area contributed by atoms with Gasteiger partial charge in [0.25, 0.3) is 11.8 Å². The third-order valence-corrected chi connectivity index (χ3v) is 5.50. The van der Waals surface area contributed by atoms with Crippen molar-refractivity contribution in [1.29, 1.82) is 0 Å². The zero-order valence-corrected chi connectivity index (χ0v) is 17.6. The molecule has 1 fully saturated rings. The summed E-state index contributed by atoms with van der Waals surface area (Å²) in [6.07, 6.45) is 0.947. The van der Waals surface area contributed by atoms with E-state index in [1.165, 1.54) is 24.3 Å². The Morgan fingerprint density at radius 2 is 1.68 bits per heavy atom. The number of ether oxygens (including phenoxy) is 1. The van der Waals surface area contributed by atoms with Gasteiger partial charge in [-0.05, 0) is 49.6 Å². The average Bonchev–Trinajstić information content (AvgIpc) is 2.81. The zero-order valence-electron chi connectivity index (χ0n) is 17.6. The SMILES string of the molecule is CCN(Cc1ccccc1)C(=O)COC(=O)C1CCN(C(=O)c2ccc(F)cc2)CC1. The van der Waals surface area contributed by atoms with Crippen LogP contribution in [0.3, 0.4) is 0 Å². The van der Waals surface area contributed by atoms with Gasteiger partial charge in [0.2, 0.25) is 0 Å². The molecule has 0 aliphatic carbocycles. The standard InChI is InChI=1S/C24H27FN2O4/c1-2-26(16-18-6-4-3-5-7-18)22(28)17-31-24(30)20-12-14-27(15-13-20)23(29)19-8-10-21(25)11-9-19/h3-11,20H,2,12-17H2,1H3. The summed E-state index contributed by atoms with van der Waals surface area (Å²) in [6.45, 7) is 3.43. The second-order valence-corrected chi connectivity index (χ2v) is 7.57. The predicted molar refractivity (Wildman–Crippen MR) is 114 cm³/mol. The molecule has 3 rings (SSSR count). The van der Waals surface area contributed by atoms with E-state index in [-0.39, 0.29) is 24.3 Å². The summed E-state index contributed by atoms with van der Waals surface area (Å²) in [7, 11) is 0. The van der Waals surface area contributed by atoms with Crippen LogP contribution >= 0.6 is 0 Å². The van der Waals surface area contributed by atoms with E-state index < -0.39 is 11.8 Å². The van der Waals surface area contributed by atoms with Gasteiger partial charge in [-0.2, -0.15) is 0 Å². The number of piperidine rings is 1. The normalized spacial score (nSPS) is 14.2. The minimum atomic E-state index is -0.405. The lowest BCUT2D eigenvalue weighted by Crippen LogP contribution is -2.41. The molecule has 0 N–H and O–H groups in total. The molecule has 31 heavy (non-hydrogen) atoms. The highest BCUT2D eigenvalue weighted by atomic mass is 19.1. The van der Waals surface area contributed by atoms with Crippen molar-refractivity contribution in [2.75, 3.05) is 26.2 Å². The third-order valence-electron chi connectivity index (χ3n) is 5.50. The van der Waals surface area contributed by atoms with Gasteiger partial charge < -0.3 is 14.5 Å². The first kappa shape index (κ1) is 22.5. The largest absolute Gasteiger partial charge is 0.455 e. The van der Waals surface area contributed by atoms with Crippen molar-refractivity contribution in [1.82, 2.24) is 9.80 Å². The molecular formula is C24H27FN2O4. The summed E-state index contributed by atoms with van der Waals surface area (Å²) in [6, 6.07) is 15.1. The molecule has 1 heterocycles. The van der Waals surface area contributed by atoms with Gasteiger partial charge in [-0.1, -0.05) is 30.3 Å². The number of nitrogens with zero attached hydrogens (tertiary/aromatic N) is 2. The number of amides is 2. The van der Waals surface area contributed by atoms with Crippen molar-refractivity contribution >= 4 is 17.8 Å². The van der Waals surface area contributed by atoms with Crippen molar-refractivity contribution in [2.24, 2.45) is 5.92 Å². The molecule has 164 valence electrons. The van der Waals surface area contributed by atoms with Crippen LogP contribution in [0, 0.1) is 11.7 Å². The minimum Gasteiger partial charge on any atom is -0.455 e. The van der Waals surface area contributed by atoms with Crippen LogP contribution in [0.4, 0.5) is 4.39 Å². The molecule has 0 bridgehead atoms. The first-order chi connectivity index (χ1) is 15.0. The Kier molecular flexibility index (Phi) is 7.76. The lowest BCUT2D eigenvalue weighted by Gasteiger charge is -2.31. The van der Waals surface area contributed by atoms with Crippen molar-refractivity contribution in [2.45, 2.75) is 26.3 Å². The minimum absolute atomic E-state index is 0.179. The van der Waals surface area contributed by atoms with E-state index in [0.29, 0.717) is 44.6 Å². The summed E-state index contributed by atoms with van der Waals surface area (Å²) in [5.74, 6) is -1.55. The molecular weight excluding hydrogens is 399 g/mol. The molecule has 0 unspecified atom stereocenters. The molecule has 2 aromatic carbocycles. The van der Waals surface area contributed by atoms with E-state index in [4.69, 9.17) is 4.74 Å². The van der Waals surface area contributed by atoms with Crippen LogP contribution in [0.5, 0.6) is 0 Å². The van der Waals surface area contributed by atoms with Gasteiger partial charge in [-0.15, -0.1) is 0 Å². The molecule has 0 spiro atoms. The van der Waals surface area contributed by atoms with E-state index in [1.54, 1.807) is 9.80 Å². The highest BCUT2D eigenvalue weighted by Crippen LogP contribution is 2.20. The van der Waals surface area contributed by atoms with Gasteiger partial charge in [0.15, 0.2) is 6.61 Å². The van der Waals surface area contributed by atoms with E-state index in [0.717, 1.165) is 5.56 Å². The third kappa shape index (κ3) is 6.13. The number of benzene rings is 2. The molecule has 7 heteroatoms. The van der Waals surface area contributed by atoms with Gasteiger partial charge >= 0.3 is 5.97 Å².